The number of nitrogens with one attached hydrogen (secondary N) is 1. The van der Waals surface area contributed by atoms with Crippen LogP contribution in [-0.2, 0) is 10.0 Å². The number of nitrogens with zero attached hydrogens (tertiary/aromatic N) is 1. The number of aliphatic hydroxyl groups is 2. The van der Waals surface area contributed by atoms with E-state index in [4.69, 9.17) is 22.0 Å². The first-order valence-corrected chi connectivity index (χ1v) is 7.10. The van der Waals surface area contributed by atoms with Gasteiger partial charge in [0.15, 0.2) is 0 Å². The molecular weight excluding hydrogens is 292 g/mol. The Morgan fingerprint density at radius 3 is 2.68 bits per heavy atom. The van der Waals surface area contributed by atoms with Gasteiger partial charge >= 0.3 is 0 Å². The van der Waals surface area contributed by atoms with Gasteiger partial charge in [-0.15, -0.1) is 0 Å². The molecule has 0 bridgehead atoms. The van der Waals surface area contributed by atoms with Crippen molar-refractivity contribution in [3.05, 3.63) is 28.8 Å². The lowest BCUT2D eigenvalue weighted by atomic mass is 10.1. The predicted octanol–water partition coefficient (Wildman–Crippen LogP) is 0.233. The van der Waals surface area contributed by atoms with Crippen LogP contribution in [0.2, 0.25) is 5.02 Å². The number of nitriles is 1. The van der Waals surface area contributed by atoms with Crippen LogP contribution in [0.25, 0.3) is 0 Å². The van der Waals surface area contributed by atoms with Gasteiger partial charge in [0.1, 0.15) is 4.90 Å². The van der Waals surface area contributed by atoms with Crippen molar-refractivity contribution in [1.29, 1.82) is 5.26 Å². The Bertz CT molecular complexity index is 608. The molecule has 19 heavy (non-hydrogen) atoms. The van der Waals surface area contributed by atoms with Crippen molar-refractivity contribution in [1.82, 2.24) is 4.72 Å². The highest BCUT2D eigenvalue weighted by Crippen LogP contribution is 2.22. The molecule has 0 amide bonds. The molecule has 1 aromatic carbocycles. The fraction of sp³-hybridized carbons (Fsp3) is 0.364. The third-order valence-electron chi connectivity index (χ3n) is 2.33. The second kappa shape index (κ2) is 5.86. The summed E-state index contributed by atoms with van der Waals surface area (Å²) in [6, 6.07) is 5.65. The first-order chi connectivity index (χ1) is 8.72. The molecule has 0 fully saturated rings. The van der Waals surface area contributed by atoms with Gasteiger partial charge in [-0.05, 0) is 25.1 Å². The Morgan fingerprint density at radius 2 is 2.16 bits per heavy atom. The summed E-state index contributed by atoms with van der Waals surface area (Å²) in [7, 11) is -3.97. The molecule has 0 spiro atoms. The molecule has 0 radical (unpaired) electrons. The molecule has 3 N–H and O–H groups in total. The lowest BCUT2D eigenvalue weighted by Gasteiger charge is -2.20. The molecule has 0 aliphatic carbocycles. The molecule has 0 saturated heterocycles. The minimum Gasteiger partial charge on any atom is -0.393 e. The molecule has 0 saturated carbocycles. The van der Waals surface area contributed by atoms with E-state index in [2.05, 4.69) is 4.72 Å². The van der Waals surface area contributed by atoms with Gasteiger partial charge in [-0.1, -0.05) is 11.6 Å². The van der Waals surface area contributed by atoms with Crippen molar-refractivity contribution in [2.24, 2.45) is 0 Å². The minimum absolute atomic E-state index is 0.0323. The quantitative estimate of drug-likeness (QED) is 0.721. The standard InChI is InChI=1S/C11H13ClN2O4S/c1-11(16,7-15)6-14-19(17,18)10-4-8(5-13)2-3-9(10)12/h2-4,14-16H,6-7H2,1H3. The van der Waals surface area contributed by atoms with Crippen LogP contribution in [0.5, 0.6) is 0 Å². The van der Waals surface area contributed by atoms with Crippen LogP contribution in [0.1, 0.15) is 12.5 Å². The van der Waals surface area contributed by atoms with Gasteiger partial charge in [-0.3, -0.25) is 0 Å². The van der Waals surface area contributed by atoms with Crippen LogP contribution >= 0.6 is 11.6 Å². The Hall–Kier alpha value is -1.17. The van der Waals surface area contributed by atoms with E-state index in [0.717, 1.165) is 6.07 Å². The van der Waals surface area contributed by atoms with Crippen molar-refractivity contribution >= 4 is 21.6 Å². The zero-order chi connectivity index (χ0) is 14.7. The average Bonchev–Trinajstić information content (AvgIpc) is 2.37. The van der Waals surface area contributed by atoms with Gasteiger partial charge in [-0.2, -0.15) is 5.26 Å². The van der Waals surface area contributed by atoms with Crippen molar-refractivity contribution in [3.63, 3.8) is 0 Å². The van der Waals surface area contributed by atoms with E-state index in [9.17, 15) is 13.5 Å². The van der Waals surface area contributed by atoms with Crippen LogP contribution in [0.15, 0.2) is 23.1 Å². The average molecular weight is 305 g/mol. The van der Waals surface area contributed by atoms with Gasteiger partial charge in [-0.25, -0.2) is 13.1 Å². The van der Waals surface area contributed by atoms with Crippen LogP contribution < -0.4 is 4.72 Å². The third-order valence-corrected chi connectivity index (χ3v) is 4.22. The second-order valence-corrected chi connectivity index (χ2v) is 6.38. The molecular formula is C11H13ClN2O4S. The Morgan fingerprint density at radius 1 is 1.53 bits per heavy atom. The van der Waals surface area contributed by atoms with Gasteiger partial charge in [0.25, 0.3) is 0 Å². The number of sulfonamides is 1. The molecule has 0 heterocycles. The highest BCUT2D eigenvalue weighted by molar-refractivity contribution is 7.89. The van der Waals surface area contributed by atoms with E-state index in [1.807, 2.05) is 6.07 Å². The predicted molar refractivity (Wildman–Crippen MR) is 69.1 cm³/mol. The maximum absolute atomic E-state index is 12.0. The Labute approximate surface area is 116 Å². The minimum atomic E-state index is -3.97. The van der Waals surface area contributed by atoms with Crippen molar-refractivity contribution in [2.45, 2.75) is 17.4 Å². The first-order valence-electron chi connectivity index (χ1n) is 5.24. The fourth-order valence-electron chi connectivity index (χ4n) is 1.16. The van der Waals surface area contributed by atoms with Gasteiger partial charge in [0.2, 0.25) is 10.0 Å². The molecule has 0 aliphatic rings. The monoisotopic (exact) mass is 304 g/mol. The lowest BCUT2D eigenvalue weighted by molar-refractivity contribution is 0.00681. The largest absolute Gasteiger partial charge is 0.393 e. The molecule has 104 valence electrons. The molecule has 6 nitrogen and oxygen atoms in total. The fourth-order valence-corrected chi connectivity index (χ4v) is 2.85. The summed E-state index contributed by atoms with van der Waals surface area (Å²) in [6.45, 7) is 0.309. The normalized spacial score (nSPS) is 14.7. The van der Waals surface area contributed by atoms with E-state index in [-0.39, 0.29) is 22.0 Å². The highest BCUT2D eigenvalue weighted by atomic mass is 35.5. The lowest BCUT2D eigenvalue weighted by Crippen LogP contribution is -2.43. The molecule has 1 rings (SSSR count). The van der Waals surface area contributed by atoms with Crippen molar-refractivity contribution < 1.29 is 18.6 Å². The smallest absolute Gasteiger partial charge is 0.242 e. The zero-order valence-electron chi connectivity index (χ0n) is 10.1. The van der Waals surface area contributed by atoms with Crippen LogP contribution in [0, 0.1) is 11.3 Å². The summed E-state index contributed by atoms with van der Waals surface area (Å²) >= 11 is 5.78. The first kappa shape index (κ1) is 15.9. The number of rotatable bonds is 5. The zero-order valence-corrected chi connectivity index (χ0v) is 11.7. The van der Waals surface area contributed by atoms with E-state index >= 15 is 0 Å². The second-order valence-electron chi connectivity index (χ2n) is 4.24. The highest BCUT2D eigenvalue weighted by Gasteiger charge is 2.25. The summed E-state index contributed by atoms with van der Waals surface area (Å²) in [5.74, 6) is 0. The number of benzene rings is 1. The van der Waals surface area contributed by atoms with Crippen LogP contribution in [-0.4, -0.2) is 37.4 Å². The molecule has 0 aliphatic heterocycles. The molecule has 1 atom stereocenters. The summed E-state index contributed by atoms with van der Waals surface area (Å²) < 4.78 is 26.1. The summed E-state index contributed by atoms with van der Waals surface area (Å²) in [5.41, 5.74) is -1.43. The maximum Gasteiger partial charge on any atom is 0.242 e. The van der Waals surface area contributed by atoms with E-state index < -0.39 is 22.2 Å². The maximum atomic E-state index is 12.0. The van der Waals surface area contributed by atoms with Crippen molar-refractivity contribution in [2.75, 3.05) is 13.2 Å². The number of hydrogen-bond donors (Lipinski definition) is 3. The summed E-state index contributed by atoms with van der Waals surface area (Å²) in [5, 5.41) is 27.1. The molecule has 1 unspecified atom stereocenters. The van der Waals surface area contributed by atoms with Crippen LogP contribution in [0.4, 0.5) is 0 Å². The Kier molecular flexibility index (Phi) is 4.90. The topological polar surface area (TPSA) is 110 Å². The van der Waals surface area contributed by atoms with Crippen LogP contribution in [0.3, 0.4) is 0 Å². The number of halogens is 1. The summed E-state index contributed by atoms with van der Waals surface area (Å²) in [4.78, 5) is -0.248. The van der Waals surface area contributed by atoms with Gasteiger partial charge < -0.3 is 10.2 Å². The number of hydrogen-bond acceptors (Lipinski definition) is 5. The Balaban J connectivity index is 3.05. The SMILES string of the molecule is CC(O)(CO)CNS(=O)(=O)c1cc(C#N)ccc1Cl. The van der Waals surface area contributed by atoms with Crippen molar-refractivity contribution in [3.8, 4) is 6.07 Å². The summed E-state index contributed by atoms with van der Waals surface area (Å²) in [6.07, 6.45) is 0. The number of aliphatic hydroxyl groups excluding tert-OH is 1. The molecule has 0 aromatic heterocycles. The van der Waals surface area contributed by atoms with E-state index in [1.165, 1.54) is 19.1 Å². The van der Waals surface area contributed by atoms with E-state index in [1.54, 1.807) is 0 Å². The van der Waals surface area contributed by atoms with Gasteiger partial charge in [0.05, 0.1) is 28.9 Å². The van der Waals surface area contributed by atoms with E-state index in [0.29, 0.717) is 0 Å². The third kappa shape index (κ3) is 4.16. The molecule has 8 heteroatoms. The molecule has 1 aromatic rings. The van der Waals surface area contributed by atoms with Gasteiger partial charge in [0, 0.05) is 6.54 Å².